The second kappa shape index (κ2) is 7.49. The standard InChI is InChI=1S/C18H27N3O2/c1-13-6-5-7-14(2)21(13)18(23)17(22)19-12-15-8-10-16(11-9-15)20(3)4/h8-11,13-14H,5-7,12H2,1-4H3,(H,19,22)/t13-,14+. The molecule has 5 nitrogen and oxygen atoms in total. The second-order valence-corrected chi connectivity index (χ2v) is 6.58. The molecule has 0 aromatic heterocycles. The van der Waals surface area contributed by atoms with Gasteiger partial charge in [-0.05, 0) is 50.8 Å². The third kappa shape index (κ3) is 4.24. The molecule has 2 amide bonds. The number of amides is 2. The molecule has 0 unspecified atom stereocenters. The Bertz CT molecular complexity index is 544. The van der Waals surface area contributed by atoms with Crippen molar-refractivity contribution in [1.82, 2.24) is 10.2 Å². The van der Waals surface area contributed by atoms with Gasteiger partial charge >= 0.3 is 11.8 Å². The first-order valence-electron chi connectivity index (χ1n) is 8.27. The molecule has 2 atom stereocenters. The van der Waals surface area contributed by atoms with Crippen LogP contribution in [0.1, 0.15) is 38.7 Å². The summed E-state index contributed by atoms with van der Waals surface area (Å²) >= 11 is 0. The van der Waals surface area contributed by atoms with Crippen molar-refractivity contribution in [3.63, 3.8) is 0 Å². The lowest BCUT2D eigenvalue weighted by Crippen LogP contribution is -2.52. The highest BCUT2D eigenvalue weighted by Crippen LogP contribution is 2.22. The zero-order chi connectivity index (χ0) is 17.0. The van der Waals surface area contributed by atoms with Crippen molar-refractivity contribution < 1.29 is 9.59 Å². The maximum Gasteiger partial charge on any atom is 0.312 e. The lowest BCUT2D eigenvalue weighted by atomic mass is 9.97. The number of nitrogens with zero attached hydrogens (tertiary/aromatic N) is 2. The largest absolute Gasteiger partial charge is 0.378 e. The van der Waals surface area contributed by atoms with Gasteiger partial charge in [-0.2, -0.15) is 0 Å². The fourth-order valence-corrected chi connectivity index (χ4v) is 3.11. The van der Waals surface area contributed by atoms with E-state index in [2.05, 4.69) is 5.32 Å². The molecule has 1 aromatic carbocycles. The summed E-state index contributed by atoms with van der Waals surface area (Å²) < 4.78 is 0. The van der Waals surface area contributed by atoms with Gasteiger partial charge in [-0.1, -0.05) is 12.1 Å². The van der Waals surface area contributed by atoms with Crippen molar-refractivity contribution in [3.05, 3.63) is 29.8 Å². The lowest BCUT2D eigenvalue weighted by molar-refractivity contribution is -0.150. The maximum absolute atomic E-state index is 12.4. The highest BCUT2D eigenvalue weighted by Gasteiger charge is 2.32. The van der Waals surface area contributed by atoms with Crippen molar-refractivity contribution in [1.29, 1.82) is 0 Å². The number of carbonyl (C=O) groups excluding carboxylic acids is 2. The van der Waals surface area contributed by atoms with Crippen molar-refractivity contribution in [2.45, 2.75) is 51.7 Å². The molecule has 23 heavy (non-hydrogen) atoms. The first-order valence-corrected chi connectivity index (χ1v) is 8.27. The molecule has 1 saturated heterocycles. The van der Waals surface area contributed by atoms with Crippen LogP contribution in [0.15, 0.2) is 24.3 Å². The van der Waals surface area contributed by atoms with E-state index in [1.165, 1.54) is 0 Å². The topological polar surface area (TPSA) is 52.7 Å². The van der Waals surface area contributed by atoms with Crippen molar-refractivity contribution in [2.24, 2.45) is 0 Å². The minimum Gasteiger partial charge on any atom is -0.378 e. The van der Waals surface area contributed by atoms with Crippen LogP contribution in [0.5, 0.6) is 0 Å². The van der Waals surface area contributed by atoms with E-state index in [4.69, 9.17) is 0 Å². The van der Waals surface area contributed by atoms with E-state index in [0.29, 0.717) is 6.54 Å². The van der Waals surface area contributed by atoms with Crippen LogP contribution in [0.2, 0.25) is 0 Å². The average Bonchev–Trinajstić information content (AvgIpc) is 2.52. The monoisotopic (exact) mass is 317 g/mol. The van der Waals surface area contributed by atoms with Crippen LogP contribution in [0.25, 0.3) is 0 Å². The molecule has 5 heteroatoms. The van der Waals surface area contributed by atoms with Crippen LogP contribution in [0, 0.1) is 0 Å². The molecular weight excluding hydrogens is 290 g/mol. The Hall–Kier alpha value is -2.04. The smallest absolute Gasteiger partial charge is 0.312 e. The lowest BCUT2D eigenvalue weighted by Gasteiger charge is -2.38. The zero-order valence-corrected chi connectivity index (χ0v) is 14.5. The van der Waals surface area contributed by atoms with E-state index < -0.39 is 11.8 Å². The Morgan fingerprint density at radius 3 is 2.22 bits per heavy atom. The number of benzene rings is 1. The molecule has 1 aliphatic rings. The van der Waals surface area contributed by atoms with Crippen LogP contribution >= 0.6 is 0 Å². The molecule has 1 fully saturated rings. The Balaban J connectivity index is 1.92. The Kier molecular flexibility index (Phi) is 5.64. The van der Waals surface area contributed by atoms with Gasteiger partial charge < -0.3 is 15.1 Å². The molecular formula is C18H27N3O2. The number of hydrogen-bond acceptors (Lipinski definition) is 3. The average molecular weight is 317 g/mol. The van der Waals surface area contributed by atoms with E-state index in [1.54, 1.807) is 4.90 Å². The van der Waals surface area contributed by atoms with Crippen molar-refractivity contribution >= 4 is 17.5 Å². The summed E-state index contributed by atoms with van der Waals surface area (Å²) in [4.78, 5) is 28.3. The van der Waals surface area contributed by atoms with Gasteiger partial charge in [-0.15, -0.1) is 0 Å². The van der Waals surface area contributed by atoms with Gasteiger partial charge in [0.15, 0.2) is 0 Å². The predicted molar refractivity (Wildman–Crippen MR) is 92.2 cm³/mol. The maximum atomic E-state index is 12.4. The molecule has 1 heterocycles. The van der Waals surface area contributed by atoms with Gasteiger partial charge in [0.25, 0.3) is 0 Å². The van der Waals surface area contributed by atoms with Crippen LogP contribution < -0.4 is 10.2 Å². The Morgan fingerprint density at radius 1 is 1.13 bits per heavy atom. The second-order valence-electron chi connectivity index (χ2n) is 6.58. The van der Waals surface area contributed by atoms with Crippen molar-refractivity contribution in [2.75, 3.05) is 19.0 Å². The van der Waals surface area contributed by atoms with E-state index in [-0.39, 0.29) is 12.1 Å². The first-order chi connectivity index (χ1) is 10.9. The molecule has 0 bridgehead atoms. The summed E-state index contributed by atoms with van der Waals surface area (Å²) in [7, 11) is 3.97. The third-order valence-corrected chi connectivity index (χ3v) is 4.53. The Morgan fingerprint density at radius 2 is 1.70 bits per heavy atom. The van der Waals surface area contributed by atoms with Gasteiger partial charge in [0, 0.05) is 38.4 Å². The SMILES string of the molecule is C[C@@H]1CCC[C@H](C)N1C(=O)C(=O)NCc1ccc(N(C)C)cc1. The van der Waals surface area contributed by atoms with Crippen LogP contribution in [-0.4, -0.2) is 42.9 Å². The van der Waals surface area contributed by atoms with Crippen LogP contribution in [0.3, 0.4) is 0 Å². The zero-order valence-electron chi connectivity index (χ0n) is 14.5. The number of piperidine rings is 1. The molecule has 0 spiro atoms. The van der Waals surface area contributed by atoms with E-state index >= 15 is 0 Å². The summed E-state index contributed by atoms with van der Waals surface area (Å²) in [5, 5.41) is 2.74. The third-order valence-electron chi connectivity index (χ3n) is 4.53. The van der Waals surface area contributed by atoms with Gasteiger partial charge in [0.05, 0.1) is 0 Å². The summed E-state index contributed by atoms with van der Waals surface area (Å²) in [5.74, 6) is -0.920. The van der Waals surface area contributed by atoms with Gasteiger partial charge in [0.1, 0.15) is 0 Å². The first kappa shape index (κ1) is 17.3. The normalized spacial score (nSPS) is 21.0. The molecule has 0 radical (unpaired) electrons. The van der Waals surface area contributed by atoms with Crippen LogP contribution in [0.4, 0.5) is 5.69 Å². The molecule has 2 rings (SSSR count). The number of carbonyl (C=O) groups is 2. The number of likely N-dealkylation sites (tertiary alicyclic amines) is 1. The fourth-order valence-electron chi connectivity index (χ4n) is 3.11. The predicted octanol–water partition coefficient (Wildman–Crippen LogP) is 2.16. The molecule has 1 N–H and O–H groups in total. The summed E-state index contributed by atoms with van der Waals surface area (Å²) in [6.07, 6.45) is 3.05. The molecule has 1 aliphatic heterocycles. The van der Waals surface area contributed by atoms with Crippen LogP contribution in [-0.2, 0) is 16.1 Å². The summed E-state index contributed by atoms with van der Waals surface area (Å²) in [5.41, 5.74) is 2.09. The number of anilines is 1. The number of rotatable bonds is 3. The van der Waals surface area contributed by atoms with E-state index in [0.717, 1.165) is 30.5 Å². The Labute approximate surface area is 138 Å². The highest BCUT2D eigenvalue weighted by molar-refractivity contribution is 6.35. The molecule has 0 saturated carbocycles. The van der Waals surface area contributed by atoms with Crippen molar-refractivity contribution in [3.8, 4) is 0 Å². The minimum absolute atomic E-state index is 0.136. The summed E-state index contributed by atoms with van der Waals surface area (Å²) in [6, 6.07) is 8.20. The van der Waals surface area contributed by atoms with Gasteiger partial charge in [0.2, 0.25) is 0 Å². The highest BCUT2D eigenvalue weighted by atomic mass is 16.2. The minimum atomic E-state index is -0.512. The van der Waals surface area contributed by atoms with E-state index in [9.17, 15) is 9.59 Å². The quantitative estimate of drug-likeness (QED) is 0.869. The summed E-state index contributed by atoms with van der Waals surface area (Å²) in [6.45, 7) is 4.40. The molecule has 0 aliphatic carbocycles. The van der Waals surface area contributed by atoms with E-state index in [1.807, 2.05) is 57.1 Å². The number of hydrogen-bond donors (Lipinski definition) is 1. The number of nitrogens with one attached hydrogen (secondary N) is 1. The molecule has 126 valence electrons. The van der Waals surface area contributed by atoms with Gasteiger partial charge in [-0.25, -0.2) is 0 Å². The fraction of sp³-hybridized carbons (Fsp3) is 0.556. The van der Waals surface area contributed by atoms with Gasteiger partial charge in [-0.3, -0.25) is 9.59 Å². The molecule has 1 aromatic rings.